The number of hydrazone groups is 1. The van der Waals surface area contributed by atoms with E-state index in [1.54, 1.807) is 32.0 Å². The molecule has 29 heavy (non-hydrogen) atoms. The average molecular weight is 435 g/mol. The number of aromatic nitrogens is 2. The molecule has 0 saturated carbocycles. The Hall–Kier alpha value is -3.23. The number of carbonyl (C=O) groups excluding carboxylic acids is 1. The van der Waals surface area contributed by atoms with E-state index in [1.807, 2.05) is 0 Å². The Morgan fingerprint density at radius 1 is 1.14 bits per heavy atom. The number of aromatic amines is 1. The first kappa shape index (κ1) is 20.5. The topological polar surface area (TPSA) is 120 Å². The van der Waals surface area contributed by atoms with Gasteiger partial charge in [-0.05, 0) is 44.2 Å². The van der Waals surface area contributed by atoms with Crippen LogP contribution in [0.5, 0.6) is 11.5 Å². The van der Waals surface area contributed by atoms with Gasteiger partial charge in [0.05, 0.1) is 32.6 Å². The highest BCUT2D eigenvalue weighted by Crippen LogP contribution is 2.24. The molecule has 3 aromatic rings. The molecule has 0 fully saturated rings. The Morgan fingerprint density at radius 3 is 2.52 bits per heavy atom. The van der Waals surface area contributed by atoms with Crippen molar-refractivity contribution in [1.82, 2.24) is 15.2 Å². The molecule has 0 unspecified atom stereocenters. The molecule has 2 aromatic carbocycles. The van der Waals surface area contributed by atoms with Crippen LogP contribution in [-0.4, -0.2) is 31.6 Å². The molecule has 1 amide bonds. The standard InChI is InChI=1S/C19H16Cl2N4O4/c1-9(22-23-18(28)13-5-4-12(26)8-16(13)27)17-10(2)24-25(19(17)29)11-3-6-14(20)15(21)7-11/h3-8,24,26-27H,1-2H3,(H,23,28). The number of phenolic OH excluding ortho intramolecular Hbond substituents is 2. The van der Waals surface area contributed by atoms with Crippen LogP contribution in [0.1, 0.15) is 28.5 Å². The molecule has 0 bridgehead atoms. The summed E-state index contributed by atoms with van der Waals surface area (Å²) in [6.45, 7) is 3.26. The molecule has 0 radical (unpaired) electrons. The molecule has 0 atom stereocenters. The van der Waals surface area contributed by atoms with Crippen molar-refractivity contribution < 1.29 is 15.0 Å². The SMILES string of the molecule is CC(=NNC(=O)c1ccc(O)cc1O)c1c(C)[nH]n(-c2ccc(Cl)c(Cl)c2)c1=O. The monoisotopic (exact) mass is 434 g/mol. The lowest BCUT2D eigenvalue weighted by molar-refractivity contribution is 0.0952. The number of hydrogen-bond acceptors (Lipinski definition) is 5. The van der Waals surface area contributed by atoms with Gasteiger partial charge < -0.3 is 10.2 Å². The number of amides is 1. The van der Waals surface area contributed by atoms with E-state index in [0.717, 1.165) is 6.07 Å². The molecule has 1 aromatic heterocycles. The van der Waals surface area contributed by atoms with Crippen molar-refractivity contribution in [2.75, 3.05) is 0 Å². The molecule has 150 valence electrons. The molecular weight excluding hydrogens is 419 g/mol. The normalized spacial score (nSPS) is 11.5. The summed E-state index contributed by atoms with van der Waals surface area (Å²) >= 11 is 11.9. The van der Waals surface area contributed by atoms with Gasteiger partial charge in [0.1, 0.15) is 11.5 Å². The number of aromatic hydroxyl groups is 2. The fraction of sp³-hybridized carbons (Fsp3) is 0.105. The van der Waals surface area contributed by atoms with Gasteiger partial charge in [-0.2, -0.15) is 5.10 Å². The first-order chi connectivity index (χ1) is 13.7. The Balaban J connectivity index is 1.90. The Morgan fingerprint density at radius 2 is 1.86 bits per heavy atom. The second-order valence-electron chi connectivity index (χ2n) is 6.19. The second kappa shape index (κ2) is 8.02. The van der Waals surface area contributed by atoms with Crippen LogP contribution < -0.4 is 11.0 Å². The van der Waals surface area contributed by atoms with E-state index < -0.39 is 11.7 Å². The number of rotatable bonds is 4. The fourth-order valence-corrected chi connectivity index (χ4v) is 3.03. The van der Waals surface area contributed by atoms with Gasteiger partial charge in [-0.1, -0.05) is 23.2 Å². The molecule has 0 saturated heterocycles. The minimum Gasteiger partial charge on any atom is -0.508 e. The largest absolute Gasteiger partial charge is 0.508 e. The Bertz CT molecular complexity index is 1200. The zero-order chi connectivity index (χ0) is 21.3. The van der Waals surface area contributed by atoms with Crippen LogP contribution in [0.25, 0.3) is 5.69 Å². The van der Waals surface area contributed by atoms with E-state index in [4.69, 9.17) is 23.2 Å². The third-order valence-corrected chi connectivity index (χ3v) is 4.88. The van der Waals surface area contributed by atoms with Crippen molar-refractivity contribution >= 4 is 34.8 Å². The van der Waals surface area contributed by atoms with Crippen molar-refractivity contribution in [3.8, 4) is 17.2 Å². The summed E-state index contributed by atoms with van der Waals surface area (Å²) in [6, 6.07) is 8.32. The maximum Gasteiger partial charge on any atom is 0.280 e. The quantitative estimate of drug-likeness (QED) is 0.371. The van der Waals surface area contributed by atoms with E-state index in [0.29, 0.717) is 21.4 Å². The summed E-state index contributed by atoms with van der Waals surface area (Å²) in [5, 5.41) is 26.6. The van der Waals surface area contributed by atoms with Gasteiger partial charge in [-0.3, -0.25) is 14.7 Å². The molecule has 4 N–H and O–H groups in total. The lowest BCUT2D eigenvalue weighted by Crippen LogP contribution is -2.23. The fourth-order valence-electron chi connectivity index (χ4n) is 2.74. The van der Waals surface area contributed by atoms with Crippen LogP contribution in [0.2, 0.25) is 10.0 Å². The lowest BCUT2D eigenvalue weighted by Gasteiger charge is -2.04. The average Bonchev–Trinajstić information content (AvgIpc) is 2.96. The molecule has 10 heteroatoms. The highest BCUT2D eigenvalue weighted by Gasteiger charge is 2.17. The maximum atomic E-state index is 12.8. The number of carbonyl (C=O) groups is 1. The zero-order valence-electron chi connectivity index (χ0n) is 15.3. The minimum atomic E-state index is -0.695. The summed E-state index contributed by atoms with van der Waals surface area (Å²) in [5.74, 6) is -1.26. The van der Waals surface area contributed by atoms with Crippen molar-refractivity contribution in [3.05, 3.63) is 73.6 Å². The number of halogens is 2. The number of benzene rings is 2. The Kier molecular flexibility index (Phi) is 5.67. The molecule has 3 rings (SSSR count). The van der Waals surface area contributed by atoms with Crippen LogP contribution in [0, 0.1) is 6.92 Å². The third-order valence-electron chi connectivity index (χ3n) is 4.15. The van der Waals surface area contributed by atoms with Crippen LogP contribution in [0.4, 0.5) is 0 Å². The summed E-state index contributed by atoms with van der Waals surface area (Å²) in [5.41, 5.74) is 3.38. The predicted octanol–water partition coefficient (Wildman–Crippen LogP) is 3.35. The van der Waals surface area contributed by atoms with Crippen molar-refractivity contribution in [3.63, 3.8) is 0 Å². The molecular formula is C19H16Cl2N4O4. The van der Waals surface area contributed by atoms with Gasteiger partial charge in [0.25, 0.3) is 11.5 Å². The summed E-state index contributed by atoms with van der Waals surface area (Å²) < 4.78 is 1.29. The predicted molar refractivity (Wildman–Crippen MR) is 111 cm³/mol. The third kappa shape index (κ3) is 4.13. The number of phenols is 2. The molecule has 0 aliphatic rings. The highest BCUT2D eigenvalue weighted by molar-refractivity contribution is 6.42. The van der Waals surface area contributed by atoms with Gasteiger partial charge in [-0.25, -0.2) is 10.1 Å². The number of hydrogen-bond donors (Lipinski definition) is 4. The van der Waals surface area contributed by atoms with Crippen molar-refractivity contribution in [2.45, 2.75) is 13.8 Å². The van der Waals surface area contributed by atoms with Crippen molar-refractivity contribution in [1.29, 1.82) is 0 Å². The van der Waals surface area contributed by atoms with Gasteiger partial charge in [0.2, 0.25) is 0 Å². The van der Waals surface area contributed by atoms with Crippen LogP contribution in [0.15, 0.2) is 46.3 Å². The first-order valence-corrected chi connectivity index (χ1v) is 9.08. The van der Waals surface area contributed by atoms with E-state index in [-0.39, 0.29) is 28.1 Å². The van der Waals surface area contributed by atoms with Gasteiger partial charge >= 0.3 is 0 Å². The number of nitrogens with zero attached hydrogens (tertiary/aromatic N) is 2. The number of nitrogens with one attached hydrogen (secondary N) is 2. The van der Waals surface area contributed by atoms with Crippen LogP contribution >= 0.6 is 23.2 Å². The highest BCUT2D eigenvalue weighted by atomic mass is 35.5. The lowest BCUT2D eigenvalue weighted by atomic mass is 10.2. The van der Waals surface area contributed by atoms with Crippen LogP contribution in [0.3, 0.4) is 0 Å². The van der Waals surface area contributed by atoms with E-state index in [9.17, 15) is 19.8 Å². The summed E-state index contributed by atoms with van der Waals surface area (Å²) in [7, 11) is 0. The number of H-pyrrole nitrogens is 1. The van der Waals surface area contributed by atoms with Gasteiger partial charge in [-0.15, -0.1) is 0 Å². The first-order valence-electron chi connectivity index (χ1n) is 8.33. The van der Waals surface area contributed by atoms with E-state index >= 15 is 0 Å². The Labute approximate surface area is 175 Å². The molecule has 0 spiro atoms. The second-order valence-corrected chi connectivity index (χ2v) is 7.00. The molecule has 0 aliphatic carbocycles. The summed E-state index contributed by atoms with van der Waals surface area (Å²) in [6.07, 6.45) is 0. The zero-order valence-corrected chi connectivity index (χ0v) is 16.8. The maximum absolute atomic E-state index is 12.8. The molecule has 0 aliphatic heterocycles. The summed E-state index contributed by atoms with van der Waals surface area (Å²) in [4.78, 5) is 25.0. The van der Waals surface area contributed by atoms with Gasteiger partial charge in [0.15, 0.2) is 0 Å². The number of aryl methyl sites for hydroxylation is 1. The molecule has 8 nitrogen and oxygen atoms in total. The minimum absolute atomic E-state index is 0.0710. The molecule has 1 heterocycles. The van der Waals surface area contributed by atoms with E-state index in [1.165, 1.54) is 16.8 Å². The van der Waals surface area contributed by atoms with Crippen molar-refractivity contribution in [2.24, 2.45) is 5.10 Å². The smallest absolute Gasteiger partial charge is 0.280 e. The van der Waals surface area contributed by atoms with E-state index in [2.05, 4.69) is 15.6 Å². The van der Waals surface area contributed by atoms with Gasteiger partial charge in [0, 0.05) is 11.8 Å². The van der Waals surface area contributed by atoms with Crippen LogP contribution in [-0.2, 0) is 0 Å².